The van der Waals surface area contributed by atoms with Gasteiger partial charge in [0.1, 0.15) is 5.75 Å². The first-order valence-corrected chi connectivity index (χ1v) is 10.7. The minimum absolute atomic E-state index is 0.0897. The van der Waals surface area contributed by atoms with Gasteiger partial charge in [0.15, 0.2) is 17.1 Å². The van der Waals surface area contributed by atoms with Crippen LogP contribution in [0.3, 0.4) is 0 Å². The summed E-state index contributed by atoms with van der Waals surface area (Å²) in [6.45, 7) is 4.66. The first kappa shape index (κ1) is 20.4. The van der Waals surface area contributed by atoms with Gasteiger partial charge in [0.25, 0.3) is 0 Å². The van der Waals surface area contributed by atoms with Crippen LogP contribution in [0.25, 0.3) is 0 Å². The molecular formula is C20H21BrN4O2S. The highest BCUT2D eigenvalue weighted by Gasteiger charge is 2.19. The van der Waals surface area contributed by atoms with Gasteiger partial charge in [-0.15, -0.1) is 10.2 Å². The Bertz CT molecular complexity index is 916. The van der Waals surface area contributed by atoms with E-state index in [9.17, 15) is 4.79 Å². The van der Waals surface area contributed by atoms with E-state index >= 15 is 0 Å². The molecular weight excluding hydrogens is 440 g/mol. The van der Waals surface area contributed by atoms with Crippen LogP contribution in [0.15, 0.2) is 64.2 Å². The van der Waals surface area contributed by atoms with Crippen LogP contribution in [0.2, 0.25) is 0 Å². The molecule has 0 saturated carbocycles. The van der Waals surface area contributed by atoms with E-state index in [1.165, 1.54) is 11.8 Å². The molecule has 146 valence electrons. The van der Waals surface area contributed by atoms with E-state index in [-0.39, 0.29) is 17.8 Å². The minimum atomic E-state index is -0.249. The zero-order valence-corrected chi connectivity index (χ0v) is 18.0. The minimum Gasteiger partial charge on any atom is -0.483 e. The summed E-state index contributed by atoms with van der Waals surface area (Å²) < 4.78 is 8.90. The molecule has 0 unspecified atom stereocenters. The molecule has 8 heteroatoms. The normalized spacial score (nSPS) is 11.8. The maximum atomic E-state index is 12.2. The number of amides is 1. The zero-order valence-electron chi connectivity index (χ0n) is 15.6. The number of rotatable bonds is 8. The van der Waals surface area contributed by atoms with Gasteiger partial charge in [-0.1, -0.05) is 45.9 Å². The Labute approximate surface area is 176 Å². The van der Waals surface area contributed by atoms with Gasteiger partial charge in [0.2, 0.25) is 5.91 Å². The lowest BCUT2D eigenvalue weighted by Gasteiger charge is -2.15. The van der Waals surface area contributed by atoms with E-state index in [1.807, 2.05) is 73.0 Å². The number of para-hydroxylation sites is 1. The van der Waals surface area contributed by atoms with Crippen molar-refractivity contribution in [3.8, 4) is 5.75 Å². The Morgan fingerprint density at radius 2 is 1.89 bits per heavy atom. The topological polar surface area (TPSA) is 69.0 Å². The quantitative estimate of drug-likeness (QED) is 0.482. The predicted molar refractivity (Wildman–Crippen MR) is 115 cm³/mol. The fourth-order valence-electron chi connectivity index (χ4n) is 2.62. The highest BCUT2D eigenvalue weighted by Crippen LogP contribution is 2.24. The molecule has 0 radical (unpaired) electrons. The van der Waals surface area contributed by atoms with Crippen LogP contribution in [0.5, 0.6) is 5.75 Å². The first-order valence-electron chi connectivity index (χ1n) is 8.90. The number of benzene rings is 2. The molecule has 0 saturated heterocycles. The molecule has 0 aliphatic heterocycles. The summed E-state index contributed by atoms with van der Waals surface area (Å²) in [7, 11) is 0. The number of anilines is 1. The summed E-state index contributed by atoms with van der Waals surface area (Å²) in [6, 6.07) is 17.1. The molecule has 3 rings (SSSR count). The Balaban J connectivity index is 1.61. The zero-order chi connectivity index (χ0) is 19.9. The van der Waals surface area contributed by atoms with E-state index in [4.69, 9.17) is 4.74 Å². The third-order valence-electron chi connectivity index (χ3n) is 3.94. The molecule has 28 heavy (non-hydrogen) atoms. The van der Waals surface area contributed by atoms with Crippen molar-refractivity contribution in [1.29, 1.82) is 0 Å². The van der Waals surface area contributed by atoms with Crippen LogP contribution in [-0.4, -0.2) is 26.4 Å². The van der Waals surface area contributed by atoms with Crippen molar-refractivity contribution in [3.63, 3.8) is 0 Å². The number of ether oxygens (including phenoxy) is 1. The molecule has 0 spiro atoms. The van der Waals surface area contributed by atoms with Crippen molar-refractivity contribution in [2.24, 2.45) is 0 Å². The van der Waals surface area contributed by atoms with Gasteiger partial charge in [-0.25, -0.2) is 0 Å². The Kier molecular flexibility index (Phi) is 7.11. The summed E-state index contributed by atoms with van der Waals surface area (Å²) in [5.74, 6) is 1.68. The summed E-state index contributed by atoms with van der Waals surface area (Å²) in [4.78, 5) is 12.2. The van der Waals surface area contributed by atoms with Crippen LogP contribution in [0, 0.1) is 0 Å². The van der Waals surface area contributed by atoms with Gasteiger partial charge in [0.05, 0.1) is 5.75 Å². The molecule has 1 heterocycles. The lowest BCUT2D eigenvalue weighted by Crippen LogP contribution is -2.15. The molecule has 6 nitrogen and oxygen atoms in total. The van der Waals surface area contributed by atoms with E-state index in [0.29, 0.717) is 11.7 Å². The van der Waals surface area contributed by atoms with Crippen molar-refractivity contribution in [2.75, 3.05) is 11.1 Å². The van der Waals surface area contributed by atoms with Crippen molar-refractivity contribution >= 4 is 39.3 Å². The molecule has 0 bridgehead atoms. The van der Waals surface area contributed by atoms with Gasteiger partial charge < -0.3 is 14.6 Å². The van der Waals surface area contributed by atoms with Crippen LogP contribution < -0.4 is 10.1 Å². The summed E-state index contributed by atoms with van der Waals surface area (Å²) >= 11 is 4.74. The van der Waals surface area contributed by atoms with E-state index in [1.54, 1.807) is 0 Å². The number of thioether (sulfide) groups is 1. The number of hydrogen-bond acceptors (Lipinski definition) is 5. The van der Waals surface area contributed by atoms with Crippen LogP contribution in [-0.2, 0) is 11.3 Å². The third-order valence-corrected chi connectivity index (χ3v) is 5.44. The molecule has 2 aromatic carbocycles. The largest absolute Gasteiger partial charge is 0.483 e. The number of carbonyl (C=O) groups excluding carboxylic acids is 1. The van der Waals surface area contributed by atoms with Crippen molar-refractivity contribution in [1.82, 2.24) is 14.8 Å². The fourth-order valence-corrected chi connectivity index (χ4v) is 3.69. The highest BCUT2D eigenvalue weighted by molar-refractivity contribution is 9.10. The molecule has 0 aliphatic carbocycles. The second kappa shape index (κ2) is 9.75. The third kappa shape index (κ3) is 5.36. The van der Waals surface area contributed by atoms with Crippen molar-refractivity contribution < 1.29 is 9.53 Å². The van der Waals surface area contributed by atoms with Crippen molar-refractivity contribution in [3.05, 3.63) is 64.9 Å². The Morgan fingerprint density at radius 3 is 2.57 bits per heavy atom. The average molecular weight is 461 g/mol. The van der Waals surface area contributed by atoms with Crippen molar-refractivity contribution in [2.45, 2.75) is 31.7 Å². The van der Waals surface area contributed by atoms with Gasteiger partial charge in [-0.05, 0) is 50.2 Å². The molecule has 1 aromatic heterocycles. The van der Waals surface area contributed by atoms with Gasteiger partial charge in [-0.2, -0.15) is 0 Å². The Morgan fingerprint density at radius 1 is 1.18 bits per heavy atom. The fraction of sp³-hybridized carbons (Fsp3) is 0.250. The number of carbonyl (C=O) groups is 1. The van der Waals surface area contributed by atoms with Crippen LogP contribution in [0.4, 0.5) is 5.69 Å². The maximum absolute atomic E-state index is 12.2. The number of halogens is 1. The van der Waals surface area contributed by atoms with E-state index in [2.05, 4.69) is 31.4 Å². The van der Waals surface area contributed by atoms with Gasteiger partial charge in [-0.3, -0.25) is 4.79 Å². The number of nitrogens with one attached hydrogen (secondary N) is 1. The average Bonchev–Trinajstić information content (AvgIpc) is 3.12. The summed E-state index contributed by atoms with van der Waals surface area (Å²) in [6.07, 6.45) is -0.249. The molecule has 0 fully saturated rings. The van der Waals surface area contributed by atoms with E-state index < -0.39 is 0 Å². The summed E-state index contributed by atoms with van der Waals surface area (Å²) in [5.41, 5.74) is 0.760. The molecule has 1 N–H and O–H groups in total. The molecule has 1 atom stereocenters. The van der Waals surface area contributed by atoms with Crippen LogP contribution in [0.1, 0.15) is 25.8 Å². The SMILES string of the molecule is CCn1c(SCC(=O)Nc2ccc(Br)cc2)nnc1[C@H](C)Oc1ccccc1. The number of aromatic nitrogens is 3. The van der Waals surface area contributed by atoms with E-state index in [0.717, 1.165) is 21.7 Å². The smallest absolute Gasteiger partial charge is 0.234 e. The predicted octanol–water partition coefficient (Wildman–Crippen LogP) is 4.93. The molecule has 1 amide bonds. The molecule has 0 aliphatic rings. The standard InChI is InChI=1S/C20H21BrN4O2S/c1-3-25-19(14(2)27-17-7-5-4-6-8-17)23-24-20(25)28-13-18(26)22-16-11-9-15(21)10-12-16/h4-12,14H,3,13H2,1-2H3,(H,22,26)/t14-/m0/s1. The lowest BCUT2D eigenvalue weighted by molar-refractivity contribution is -0.113. The molecule has 3 aromatic rings. The Hall–Kier alpha value is -2.32. The lowest BCUT2D eigenvalue weighted by atomic mass is 10.3. The highest BCUT2D eigenvalue weighted by atomic mass is 79.9. The van der Waals surface area contributed by atoms with Crippen LogP contribution >= 0.6 is 27.7 Å². The maximum Gasteiger partial charge on any atom is 0.234 e. The van der Waals surface area contributed by atoms with Gasteiger partial charge in [0, 0.05) is 16.7 Å². The van der Waals surface area contributed by atoms with Gasteiger partial charge >= 0.3 is 0 Å². The number of hydrogen-bond donors (Lipinski definition) is 1. The first-order chi connectivity index (χ1) is 13.6. The second-order valence-corrected chi connectivity index (χ2v) is 7.86. The number of nitrogens with zero attached hydrogens (tertiary/aromatic N) is 3. The second-order valence-electron chi connectivity index (χ2n) is 6.00. The monoisotopic (exact) mass is 460 g/mol. The summed E-state index contributed by atoms with van der Waals surface area (Å²) in [5, 5.41) is 12.1.